The fourth-order valence-electron chi connectivity index (χ4n) is 2.83. The third-order valence-corrected chi connectivity index (χ3v) is 4.85. The SMILES string of the molecule is COc1cc2nccc(-c3ccc(CN(C)S(=O)O)cc3)c2cc1OC. The molecule has 1 aromatic heterocycles. The molecule has 0 bridgehead atoms. The maximum atomic E-state index is 11.1. The third kappa shape index (κ3) is 3.70. The van der Waals surface area contributed by atoms with Crippen molar-refractivity contribution in [2.24, 2.45) is 0 Å². The van der Waals surface area contributed by atoms with Crippen LogP contribution in [-0.2, 0) is 17.8 Å². The molecule has 1 atom stereocenters. The molecule has 3 aromatic rings. The third-order valence-electron chi connectivity index (χ3n) is 4.18. The first-order valence-corrected chi connectivity index (χ1v) is 9.02. The van der Waals surface area contributed by atoms with Gasteiger partial charge in [0.2, 0.25) is 11.3 Å². The largest absolute Gasteiger partial charge is 0.493 e. The second kappa shape index (κ2) is 7.82. The zero-order valence-electron chi connectivity index (χ0n) is 14.8. The monoisotopic (exact) mass is 372 g/mol. The van der Waals surface area contributed by atoms with E-state index < -0.39 is 11.3 Å². The van der Waals surface area contributed by atoms with Crippen LogP contribution in [0.5, 0.6) is 11.5 Å². The molecule has 0 aliphatic rings. The van der Waals surface area contributed by atoms with Gasteiger partial charge in [-0.15, -0.1) is 0 Å². The topological polar surface area (TPSA) is 71.9 Å². The Morgan fingerprint density at radius 1 is 1.08 bits per heavy atom. The molecular formula is C19H20N2O4S. The second-order valence-corrected chi connectivity index (χ2v) is 6.88. The maximum Gasteiger partial charge on any atom is 0.234 e. The minimum Gasteiger partial charge on any atom is -0.493 e. The number of aromatic nitrogens is 1. The van der Waals surface area contributed by atoms with Crippen molar-refractivity contribution in [1.82, 2.24) is 9.29 Å². The summed E-state index contributed by atoms with van der Waals surface area (Å²) in [5.74, 6) is 1.29. The highest BCUT2D eigenvalue weighted by Gasteiger charge is 2.11. The fourth-order valence-corrected chi connectivity index (χ4v) is 3.09. The molecule has 0 fully saturated rings. The van der Waals surface area contributed by atoms with E-state index in [2.05, 4.69) is 4.98 Å². The predicted molar refractivity (Wildman–Crippen MR) is 103 cm³/mol. The molecular weight excluding hydrogens is 352 g/mol. The summed E-state index contributed by atoms with van der Waals surface area (Å²) < 4.78 is 32.3. The van der Waals surface area contributed by atoms with Gasteiger partial charge >= 0.3 is 0 Å². The number of methoxy groups -OCH3 is 2. The lowest BCUT2D eigenvalue weighted by atomic mass is 10.00. The Balaban J connectivity index is 2.01. The summed E-state index contributed by atoms with van der Waals surface area (Å²) in [4.78, 5) is 4.42. The lowest BCUT2D eigenvalue weighted by molar-refractivity contribution is 0.356. The van der Waals surface area contributed by atoms with Gasteiger partial charge in [0.05, 0.1) is 19.7 Å². The van der Waals surface area contributed by atoms with Crippen LogP contribution < -0.4 is 9.47 Å². The number of rotatable bonds is 6. The van der Waals surface area contributed by atoms with Crippen LogP contribution in [0, 0.1) is 0 Å². The van der Waals surface area contributed by atoms with Crippen molar-refractivity contribution in [3.8, 4) is 22.6 Å². The van der Waals surface area contributed by atoms with Crippen LogP contribution in [0.25, 0.3) is 22.0 Å². The van der Waals surface area contributed by atoms with Crippen molar-refractivity contribution in [3.63, 3.8) is 0 Å². The molecule has 3 rings (SSSR count). The minimum absolute atomic E-state index is 0.394. The number of ether oxygens (including phenoxy) is 2. The summed E-state index contributed by atoms with van der Waals surface area (Å²) in [5.41, 5.74) is 3.83. The molecule has 0 aliphatic heterocycles. The van der Waals surface area contributed by atoms with Crippen molar-refractivity contribution in [2.75, 3.05) is 21.3 Å². The van der Waals surface area contributed by atoms with E-state index in [1.54, 1.807) is 27.5 Å². The summed E-state index contributed by atoms with van der Waals surface area (Å²) in [6, 6.07) is 13.6. The van der Waals surface area contributed by atoms with Crippen molar-refractivity contribution in [3.05, 3.63) is 54.2 Å². The number of pyridine rings is 1. The first kappa shape index (κ1) is 18.3. The molecule has 0 radical (unpaired) electrons. The first-order valence-electron chi connectivity index (χ1n) is 7.95. The highest BCUT2D eigenvalue weighted by Crippen LogP contribution is 2.36. The Morgan fingerprint density at radius 2 is 1.73 bits per heavy atom. The Bertz CT molecular complexity index is 944. The molecule has 2 aromatic carbocycles. The summed E-state index contributed by atoms with van der Waals surface area (Å²) in [5, 5.41) is 0.964. The Labute approximate surface area is 154 Å². The maximum absolute atomic E-state index is 11.1. The van der Waals surface area contributed by atoms with E-state index in [9.17, 15) is 4.21 Å². The molecule has 7 heteroatoms. The van der Waals surface area contributed by atoms with Gasteiger partial charge in [0.25, 0.3) is 0 Å². The number of hydrogen-bond acceptors (Lipinski definition) is 4. The summed E-state index contributed by atoms with van der Waals surface area (Å²) in [6.07, 6.45) is 1.76. The van der Waals surface area contributed by atoms with Gasteiger partial charge in [-0.2, -0.15) is 4.31 Å². The van der Waals surface area contributed by atoms with E-state index >= 15 is 0 Å². The van der Waals surface area contributed by atoms with Gasteiger partial charge in [-0.05, 0) is 28.8 Å². The Morgan fingerprint density at radius 3 is 2.35 bits per heavy atom. The van der Waals surface area contributed by atoms with Crippen molar-refractivity contribution in [1.29, 1.82) is 0 Å². The smallest absolute Gasteiger partial charge is 0.234 e. The normalized spacial score (nSPS) is 12.3. The zero-order valence-corrected chi connectivity index (χ0v) is 15.6. The summed E-state index contributed by atoms with van der Waals surface area (Å²) >= 11 is -1.98. The predicted octanol–water partition coefficient (Wildman–Crippen LogP) is 3.49. The second-order valence-electron chi connectivity index (χ2n) is 5.80. The zero-order chi connectivity index (χ0) is 18.7. The Hall–Kier alpha value is -2.48. The van der Waals surface area contributed by atoms with Gasteiger partial charge in [0.15, 0.2) is 11.5 Å². The molecule has 26 heavy (non-hydrogen) atoms. The highest BCUT2D eigenvalue weighted by atomic mass is 32.2. The number of hydrogen-bond donors (Lipinski definition) is 1. The number of fused-ring (bicyclic) bond motifs is 1. The van der Waals surface area contributed by atoms with Crippen LogP contribution in [0.1, 0.15) is 5.56 Å². The van der Waals surface area contributed by atoms with Crippen molar-refractivity contribution < 1.29 is 18.2 Å². The molecule has 6 nitrogen and oxygen atoms in total. The summed E-state index contributed by atoms with van der Waals surface area (Å²) in [7, 11) is 4.80. The fraction of sp³-hybridized carbons (Fsp3) is 0.211. The van der Waals surface area contributed by atoms with Gasteiger partial charge in [0.1, 0.15) is 0 Å². The van der Waals surface area contributed by atoms with E-state index in [4.69, 9.17) is 14.0 Å². The molecule has 136 valence electrons. The van der Waals surface area contributed by atoms with Crippen LogP contribution in [0.2, 0.25) is 0 Å². The molecule has 0 saturated heterocycles. The van der Waals surface area contributed by atoms with Gasteiger partial charge in [-0.25, -0.2) is 4.21 Å². The van der Waals surface area contributed by atoms with E-state index in [-0.39, 0.29) is 0 Å². The lowest BCUT2D eigenvalue weighted by Crippen LogP contribution is -2.19. The standard InChI is InChI=1S/C19H20N2O4S/c1-21(26(22)23)12-13-4-6-14(7-5-13)15-8-9-20-17-11-19(25-3)18(24-2)10-16(15)17/h4-11H,12H2,1-3H3,(H,22,23). The molecule has 1 unspecified atom stereocenters. The van der Waals surface area contributed by atoms with Crippen LogP contribution in [0.3, 0.4) is 0 Å². The molecule has 1 N–H and O–H groups in total. The van der Waals surface area contributed by atoms with Gasteiger partial charge < -0.3 is 9.47 Å². The summed E-state index contributed by atoms with van der Waals surface area (Å²) in [6.45, 7) is 0.394. The van der Waals surface area contributed by atoms with Crippen molar-refractivity contribution >= 4 is 22.2 Å². The average Bonchev–Trinajstić information content (AvgIpc) is 2.66. The van der Waals surface area contributed by atoms with Gasteiger partial charge in [-0.3, -0.25) is 9.54 Å². The number of benzene rings is 2. The highest BCUT2D eigenvalue weighted by molar-refractivity contribution is 7.76. The van der Waals surface area contributed by atoms with Gasteiger partial charge in [0, 0.05) is 31.2 Å². The van der Waals surface area contributed by atoms with E-state index in [0.29, 0.717) is 18.0 Å². The Kier molecular flexibility index (Phi) is 5.51. The molecule has 0 amide bonds. The first-order chi connectivity index (χ1) is 12.5. The van der Waals surface area contributed by atoms with E-state index in [0.717, 1.165) is 27.6 Å². The average molecular weight is 372 g/mol. The van der Waals surface area contributed by atoms with Crippen LogP contribution in [0.15, 0.2) is 48.7 Å². The number of nitrogens with zero attached hydrogens (tertiary/aromatic N) is 2. The van der Waals surface area contributed by atoms with Crippen LogP contribution >= 0.6 is 0 Å². The van der Waals surface area contributed by atoms with Crippen LogP contribution in [-0.4, -0.2) is 39.3 Å². The molecule has 0 aliphatic carbocycles. The minimum atomic E-state index is -1.98. The van der Waals surface area contributed by atoms with Crippen LogP contribution in [0.4, 0.5) is 0 Å². The molecule has 0 spiro atoms. The van der Waals surface area contributed by atoms with Gasteiger partial charge in [-0.1, -0.05) is 24.3 Å². The molecule has 0 saturated carbocycles. The van der Waals surface area contributed by atoms with E-state index in [1.165, 1.54) is 4.31 Å². The lowest BCUT2D eigenvalue weighted by Gasteiger charge is -2.13. The molecule has 1 heterocycles. The quantitative estimate of drug-likeness (QED) is 0.671. The van der Waals surface area contributed by atoms with E-state index in [1.807, 2.05) is 42.5 Å². The van der Waals surface area contributed by atoms with Crippen molar-refractivity contribution in [2.45, 2.75) is 6.54 Å².